The molecule has 0 bridgehead atoms. The van der Waals surface area contributed by atoms with E-state index in [4.69, 9.17) is 28.2 Å². The summed E-state index contributed by atoms with van der Waals surface area (Å²) >= 11 is 13.9. The predicted octanol–water partition coefficient (Wildman–Crippen LogP) is 6.41. The number of hydrogen-bond donors (Lipinski definition) is 1. The quantitative estimate of drug-likeness (QED) is 0.452. The van der Waals surface area contributed by atoms with Crippen LogP contribution in [0.4, 0.5) is 11.5 Å². The van der Waals surface area contributed by atoms with E-state index in [9.17, 15) is 0 Å². The summed E-state index contributed by atoms with van der Waals surface area (Å²) in [5.41, 5.74) is 1.63. The van der Waals surface area contributed by atoms with Crippen LogP contribution in [-0.2, 0) is 0 Å². The molecule has 1 N–H and O–H groups in total. The number of hydrogen-bond acceptors (Lipinski definition) is 4. The maximum atomic E-state index is 6.28. The first kappa shape index (κ1) is 15.4. The molecule has 118 valence electrons. The number of rotatable bonds is 3. The van der Waals surface area contributed by atoms with Crippen LogP contribution in [-0.4, -0.2) is 9.97 Å². The molecule has 0 aliphatic carbocycles. The largest absolute Gasteiger partial charge is 0.338 e. The molecule has 2 heterocycles. The van der Waals surface area contributed by atoms with Crippen LogP contribution in [0, 0.1) is 0 Å². The number of nitrogens with one attached hydrogen (secondary N) is 1. The number of halogens is 2. The summed E-state index contributed by atoms with van der Waals surface area (Å²) in [6.45, 7) is 0. The molecule has 0 saturated carbocycles. The third kappa shape index (κ3) is 2.96. The van der Waals surface area contributed by atoms with Crippen LogP contribution in [0.2, 0.25) is 10.0 Å². The number of anilines is 2. The lowest BCUT2D eigenvalue weighted by Gasteiger charge is -2.11. The normalized spacial score (nSPS) is 10.9. The van der Waals surface area contributed by atoms with Crippen LogP contribution in [0.25, 0.3) is 21.6 Å². The van der Waals surface area contributed by atoms with E-state index in [0.717, 1.165) is 21.5 Å². The molecule has 0 aliphatic rings. The maximum Gasteiger partial charge on any atom is 0.172 e. The van der Waals surface area contributed by atoms with Crippen molar-refractivity contribution >= 4 is 56.9 Å². The van der Waals surface area contributed by atoms with Crippen molar-refractivity contribution in [2.45, 2.75) is 0 Å². The van der Waals surface area contributed by atoms with Crippen molar-refractivity contribution in [3.63, 3.8) is 0 Å². The zero-order valence-corrected chi connectivity index (χ0v) is 14.7. The number of thiophene rings is 1. The van der Waals surface area contributed by atoms with Crippen molar-refractivity contribution in [1.82, 2.24) is 9.97 Å². The summed E-state index contributed by atoms with van der Waals surface area (Å²) in [6, 6.07) is 17.2. The van der Waals surface area contributed by atoms with Gasteiger partial charge in [-0.1, -0.05) is 41.4 Å². The Labute approximate surface area is 152 Å². The van der Waals surface area contributed by atoms with Gasteiger partial charge < -0.3 is 5.32 Å². The lowest BCUT2D eigenvalue weighted by molar-refractivity contribution is 1.23. The Kier molecular flexibility index (Phi) is 4.10. The van der Waals surface area contributed by atoms with E-state index in [1.165, 1.54) is 0 Å². The van der Waals surface area contributed by atoms with Crippen molar-refractivity contribution < 1.29 is 0 Å². The van der Waals surface area contributed by atoms with Crippen molar-refractivity contribution in [3.8, 4) is 10.7 Å². The van der Waals surface area contributed by atoms with E-state index in [0.29, 0.717) is 21.7 Å². The third-order valence-electron chi connectivity index (χ3n) is 3.53. The minimum absolute atomic E-state index is 0.544. The molecule has 4 rings (SSSR count). The Morgan fingerprint density at radius 1 is 0.917 bits per heavy atom. The number of nitrogens with zero attached hydrogens (tertiary/aromatic N) is 2. The highest BCUT2D eigenvalue weighted by atomic mass is 35.5. The van der Waals surface area contributed by atoms with E-state index in [1.54, 1.807) is 23.5 Å². The van der Waals surface area contributed by atoms with Crippen LogP contribution in [0.15, 0.2) is 60.0 Å². The summed E-state index contributed by atoms with van der Waals surface area (Å²) in [7, 11) is 0. The molecule has 0 amide bonds. The highest BCUT2D eigenvalue weighted by Crippen LogP contribution is 2.32. The second-order valence-corrected chi connectivity index (χ2v) is 6.93. The lowest BCUT2D eigenvalue weighted by Crippen LogP contribution is -1.99. The molecule has 0 aliphatic heterocycles. The average Bonchev–Trinajstić information content (AvgIpc) is 3.12. The SMILES string of the molecule is Clc1ccc(Nc2nc(-c3cccs3)nc3ccccc23)c(Cl)c1. The molecule has 2 aromatic carbocycles. The van der Waals surface area contributed by atoms with Gasteiger partial charge in [-0.05, 0) is 41.8 Å². The smallest absolute Gasteiger partial charge is 0.172 e. The zero-order valence-electron chi connectivity index (χ0n) is 12.3. The van der Waals surface area contributed by atoms with Gasteiger partial charge in [0.15, 0.2) is 5.82 Å². The van der Waals surface area contributed by atoms with Gasteiger partial charge in [0.25, 0.3) is 0 Å². The molecule has 0 fully saturated rings. The molecule has 2 aromatic heterocycles. The first-order valence-corrected chi connectivity index (χ1v) is 8.87. The Hall–Kier alpha value is -2.14. The standard InChI is InChI=1S/C18H11Cl2N3S/c19-11-7-8-15(13(20)10-11)22-17-12-4-1-2-5-14(12)21-18(23-17)16-6-3-9-24-16/h1-10H,(H,21,22,23). The molecule has 24 heavy (non-hydrogen) atoms. The third-order valence-corrected chi connectivity index (χ3v) is 4.94. The molecule has 6 heteroatoms. The number of aromatic nitrogens is 2. The summed E-state index contributed by atoms with van der Waals surface area (Å²) in [5, 5.41) is 7.39. The minimum atomic E-state index is 0.544. The Morgan fingerprint density at radius 2 is 1.79 bits per heavy atom. The topological polar surface area (TPSA) is 37.8 Å². The molecule has 0 spiro atoms. The summed E-state index contributed by atoms with van der Waals surface area (Å²) in [4.78, 5) is 10.4. The minimum Gasteiger partial charge on any atom is -0.338 e. The van der Waals surface area contributed by atoms with E-state index >= 15 is 0 Å². The van der Waals surface area contributed by atoms with Gasteiger partial charge in [-0.2, -0.15) is 0 Å². The van der Waals surface area contributed by atoms with Gasteiger partial charge in [-0.15, -0.1) is 11.3 Å². The van der Waals surface area contributed by atoms with Crippen LogP contribution in [0.3, 0.4) is 0 Å². The lowest BCUT2D eigenvalue weighted by atomic mass is 10.2. The van der Waals surface area contributed by atoms with E-state index in [1.807, 2.05) is 47.8 Å². The van der Waals surface area contributed by atoms with Gasteiger partial charge in [0.2, 0.25) is 0 Å². The number of fused-ring (bicyclic) bond motifs is 1. The van der Waals surface area contributed by atoms with Crippen LogP contribution < -0.4 is 5.32 Å². The van der Waals surface area contributed by atoms with Gasteiger partial charge in [-0.3, -0.25) is 0 Å². The summed E-state index contributed by atoms with van der Waals surface area (Å²) < 4.78 is 0. The van der Waals surface area contributed by atoms with E-state index in [2.05, 4.69) is 10.3 Å². The fourth-order valence-corrected chi connectivity index (χ4v) is 3.52. The van der Waals surface area contributed by atoms with Gasteiger partial charge in [0.1, 0.15) is 5.82 Å². The van der Waals surface area contributed by atoms with E-state index in [-0.39, 0.29) is 0 Å². The van der Waals surface area contributed by atoms with E-state index < -0.39 is 0 Å². The number of para-hydroxylation sites is 1. The first-order chi connectivity index (χ1) is 11.7. The Bertz CT molecular complexity index is 1020. The Balaban J connectivity index is 1.86. The Morgan fingerprint density at radius 3 is 2.58 bits per heavy atom. The van der Waals surface area contributed by atoms with Gasteiger partial charge in [0.05, 0.1) is 21.1 Å². The molecule has 4 aromatic rings. The molecular formula is C18H11Cl2N3S. The average molecular weight is 372 g/mol. The fraction of sp³-hybridized carbons (Fsp3) is 0. The monoisotopic (exact) mass is 371 g/mol. The fourth-order valence-electron chi connectivity index (χ4n) is 2.41. The zero-order chi connectivity index (χ0) is 16.5. The highest BCUT2D eigenvalue weighted by Gasteiger charge is 2.11. The molecule has 3 nitrogen and oxygen atoms in total. The van der Waals surface area contributed by atoms with Gasteiger partial charge in [0, 0.05) is 10.4 Å². The summed E-state index contributed by atoms with van der Waals surface area (Å²) in [6.07, 6.45) is 0. The van der Waals surface area contributed by atoms with Crippen LogP contribution >= 0.6 is 34.5 Å². The highest BCUT2D eigenvalue weighted by molar-refractivity contribution is 7.13. The van der Waals surface area contributed by atoms with Crippen LogP contribution in [0.1, 0.15) is 0 Å². The molecule has 0 unspecified atom stereocenters. The van der Waals surface area contributed by atoms with Gasteiger partial charge in [-0.25, -0.2) is 9.97 Å². The second-order valence-electron chi connectivity index (χ2n) is 5.14. The molecular weight excluding hydrogens is 361 g/mol. The number of benzene rings is 2. The molecule has 0 atom stereocenters. The molecule has 0 saturated heterocycles. The van der Waals surface area contributed by atoms with Gasteiger partial charge >= 0.3 is 0 Å². The van der Waals surface area contributed by atoms with Crippen molar-refractivity contribution in [2.75, 3.05) is 5.32 Å². The van der Waals surface area contributed by atoms with Crippen molar-refractivity contribution in [3.05, 3.63) is 70.0 Å². The second kappa shape index (κ2) is 6.40. The molecule has 0 radical (unpaired) electrons. The predicted molar refractivity (Wildman–Crippen MR) is 103 cm³/mol. The van der Waals surface area contributed by atoms with Crippen LogP contribution in [0.5, 0.6) is 0 Å². The maximum absolute atomic E-state index is 6.28. The van der Waals surface area contributed by atoms with Crippen molar-refractivity contribution in [1.29, 1.82) is 0 Å². The van der Waals surface area contributed by atoms with Crippen molar-refractivity contribution in [2.24, 2.45) is 0 Å². The summed E-state index contributed by atoms with van der Waals surface area (Å²) in [5.74, 6) is 1.41. The first-order valence-electron chi connectivity index (χ1n) is 7.23.